The Labute approximate surface area is 93.7 Å². The highest BCUT2D eigenvalue weighted by Gasteiger charge is 2.04. The molecule has 0 aliphatic rings. The minimum absolute atomic E-state index is 0.318. The van der Waals surface area contributed by atoms with Crippen LogP contribution in [0, 0.1) is 0 Å². The van der Waals surface area contributed by atoms with Crippen molar-refractivity contribution < 1.29 is 9.53 Å². The first-order valence-electron chi connectivity index (χ1n) is 4.90. The third kappa shape index (κ3) is 2.08. The molecule has 0 aliphatic heterocycles. The number of ether oxygens (including phenoxy) is 1. The Kier molecular flexibility index (Phi) is 2.96. The molecule has 0 N–H and O–H groups in total. The first-order chi connectivity index (χ1) is 7.81. The van der Waals surface area contributed by atoms with E-state index in [1.165, 1.54) is 7.11 Å². The molecule has 1 aromatic heterocycles. The van der Waals surface area contributed by atoms with E-state index < -0.39 is 0 Å². The van der Waals surface area contributed by atoms with Gasteiger partial charge in [0.2, 0.25) is 0 Å². The molecular weight excluding hydrogens is 202 g/mol. The van der Waals surface area contributed by atoms with Gasteiger partial charge in [-0.15, -0.1) is 0 Å². The quantitative estimate of drug-likeness (QED) is 0.719. The molecular formula is C13H11NO2. The van der Waals surface area contributed by atoms with Crippen LogP contribution in [0.3, 0.4) is 0 Å². The molecule has 3 nitrogen and oxygen atoms in total. The van der Waals surface area contributed by atoms with Crippen molar-refractivity contribution in [1.82, 2.24) is 4.98 Å². The van der Waals surface area contributed by atoms with Crippen molar-refractivity contribution in [3.05, 3.63) is 54.4 Å². The number of hydrogen-bond donors (Lipinski definition) is 0. The number of nitrogens with zero attached hydrogens (tertiary/aromatic N) is 1. The smallest absolute Gasteiger partial charge is 0.337 e. The fraction of sp³-hybridized carbons (Fsp3) is 0.0769. The highest BCUT2D eigenvalue weighted by atomic mass is 16.5. The first kappa shape index (κ1) is 10.4. The Hall–Kier alpha value is -2.16. The minimum atomic E-state index is -0.318. The molecule has 1 aromatic carbocycles. The molecule has 0 aliphatic carbocycles. The van der Waals surface area contributed by atoms with E-state index in [-0.39, 0.29) is 5.97 Å². The number of carbonyl (C=O) groups excluding carboxylic acids is 1. The largest absolute Gasteiger partial charge is 0.465 e. The molecule has 16 heavy (non-hydrogen) atoms. The summed E-state index contributed by atoms with van der Waals surface area (Å²) in [4.78, 5) is 15.2. The predicted octanol–water partition coefficient (Wildman–Crippen LogP) is 2.54. The normalized spacial score (nSPS) is 9.81. The fourth-order valence-corrected chi connectivity index (χ4v) is 1.46. The molecule has 0 bridgehead atoms. The van der Waals surface area contributed by atoms with E-state index in [9.17, 15) is 4.79 Å². The van der Waals surface area contributed by atoms with Crippen molar-refractivity contribution in [2.24, 2.45) is 0 Å². The van der Waals surface area contributed by atoms with Crippen LogP contribution in [0.25, 0.3) is 11.1 Å². The lowest BCUT2D eigenvalue weighted by molar-refractivity contribution is 0.0601. The molecule has 2 aromatic rings. The Bertz CT molecular complexity index is 477. The average molecular weight is 213 g/mol. The summed E-state index contributed by atoms with van der Waals surface area (Å²) in [5.41, 5.74) is 2.68. The summed E-state index contributed by atoms with van der Waals surface area (Å²) in [5, 5.41) is 0. The molecule has 80 valence electrons. The van der Waals surface area contributed by atoms with Gasteiger partial charge in [0.25, 0.3) is 0 Å². The zero-order valence-electron chi connectivity index (χ0n) is 8.88. The Morgan fingerprint density at radius 2 is 1.56 bits per heavy atom. The maximum absolute atomic E-state index is 11.2. The van der Waals surface area contributed by atoms with Crippen LogP contribution in [0.5, 0.6) is 0 Å². The summed E-state index contributed by atoms with van der Waals surface area (Å²) in [7, 11) is 1.37. The molecule has 0 saturated carbocycles. The van der Waals surface area contributed by atoms with E-state index in [0.717, 1.165) is 11.1 Å². The SMILES string of the molecule is COC(=O)c1ccc(-c2ccncc2)cc1. The Balaban J connectivity index is 2.30. The van der Waals surface area contributed by atoms with Crippen molar-refractivity contribution in [2.45, 2.75) is 0 Å². The lowest BCUT2D eigenvalue weighted by atomic mass is 10.1. The van der Waals surface area contributed by atoms with Gasteiger partial charge >= 0.3 is 5.97 Å². The number of aromatic nitrogens is 1. The average Bonchev–Trinajstić information content (AvgIpc) is 2.39. The van der Waals surface area contributed by atoms with E-state index in [4.69, 9.17) is 0 Å². The standard InChI is InChI=1S/C13H11NO2/c1-16-13(15)12-4-2-10(3-5-12)11-6-8-14-9-7-11/h2-9H,1H3. The number of methoxy groups -OCH3 is 1. The molecule has 0 amide bonds. The van der Waals surface area contributed by atoms with Crippen molar-refractivity contribution >= 4 is 5.97 Å². The van der Waals surface area contributed by atoms with Gasteiger partial charge in [0.15, 0.2) is 0 Å². The first-order valence-corrected chi connectivity index (χ1v) is 4.90. The number of esters is 1. The van der Waals surface area contributed by atoms with Crippen molar-refractivity contribution in [1.29, 1.82) is 0 Å². The number of pyridine rings is 1. The van der Waals surface area contributed by atoms with Crippen molar-refractivity contribution in [3.63, 3.8) is 0 Å². The number of carbonyl (C=O) groups is 1. The molecule has 0 unspecified atom stereocenters. The van der Waals surface area contributed by atoms with Crippen LogP contribution >= 0.6 is 0 Å². The van der Waals surface area contributed by atoms with Crippen LogP contribution in [-0.4, -0.2) is 18.1 Å². The van der Waals surface area contributed by atoms with Crippen molar-refractivity contribution in [2.75, 3.05) is 7.11 Å². The van der Waals surface area contributed by atoms with E-state index in [1.54, 1.807) is 24.5 Å². The lowest BCUT2D eigenvalue weighted by Gasteiger charge is -2.02. The third-order valence-corrected chi connectivity index (χ3v) is 2.32. The Morgan fingerprint density at radius 1 is 1.00 bits per heavy atom. The number of benzene rings is 1. The molecule has 0 spiro atoms. The summed E-state index contributed by atoms with van der Waals surface area (Å²) in [5.74, 6) is -0.318. The van der Waals surface area contributed by atoms with Crippen LogP contribution in [0.4, 0.5) is 0 Å². The molecule has 0 atom stereocenters. The second-order valence-electron chi connectivity index (χ2n) is 3.30. The van der Waals surface area contributed by atoms with E-state index in [0.29, 0.717) is 5.56 Å². The summed E-state index contributed by atoms with van der Waals surface area (Å²) in [6.45, 7) is 0. The van der Waals surface area contributed by atoms with Gasteiger partial charge in [0.1, 0.15) is 0 Å². The summed E-state index contributed by atoms with van der Waals surface area (Å²) in [6, 6.07) is 11.1. The molecule has 0 fully saturated rings. The zero-order chi connectivity index (χ0) is 11.4. The van der Waals surface area contributed by atoms with Gasteiger partial charge in [-0.1, -0.05) is 12.1 Å². The second kappa shape index (κ2) is 4.57. The van der Waals surface area contributed by atoms with Crippen molar-refractivity contribution in [3.8, 4) is 11.1 Å². The molecule has 1 heterocycles. The van der Waals surface area contributed by atoms with Crippen LogP contribution < -0.4 is 0 Å². The highest BCUT2D eigenvalue weighted by Crippen LogP contribution is 2.18. The molecule has 2 rings (SSSR count). The summed E-state index contributed by atoms with van der Waals surface area (Å²) in [6.07, 6.45) is 3.48. The fourth-order valence-electron chi connectivity index (χ4n) is 1.46. The maximum atomic E-state index is 11.2. The Morgan fingerprint density at radius 3 is 2.12 bits per heavy atom. The van der Waals surface area contributed by atoms with Crippen LogP contribution in [0.1, 0.15) is 10.4 Å². The van der Waals surface area contributed by atoms with E-state index in [1.807, 2.05) is 24.3 Å². The summed E-state index contributed by atoms with van der Waals surface area (Å²) >= 11 is 0. The van der Waals surface area contributed by atoms with Gasteiger partial charge in [0, 0.05) is 12.4 Å². The summed E-state index contributed by atoms with van der Waals surface area (Å²) < 4.78 is 4.63. The second-order valence-corrected chi connectivity index (χ2v) is 3.30. The monoisotopic (exact) mass is 213 g/mol. The predicted molar refractivity (Wildman–Crippen MR) is 61.0 cm³/mol. The van der Waals surface area contributed by atoms with E-state index >= 15 is 0 Å². The van der Waals surface area contributed by atoms with Gasteiger partial charge in [0.05, 0.1) is 12.7 Å². The molecule has 0 saturated heterocycles. The van der Waals surface area contributed by atoms with Crippen LogP contribution in [0.2, 0.25) is 0 Å². The molecule has 0 radical (unpaired) electrons. The van der Waals surface area contributed by atoms with Gasteiger partial charge in [-0.2, -0.15) is 0 Å². The zero-order valence-corrected chi connectivity index (χ0v) is 8.88. The lowest BCUT2D eigenvalue weighted by Crippen LogP contribution is -2.00. The highest BCUT2D eigenvalue weighted by molar-refractivity contribution is 5.89. The maximum Gasteiger partial charge on any atom is 0.337 e. The van der Waals surface area contributed by atoms with Gasteiger partial charge in [-0.25, -0.2) is 4.79 Å². The van der Waals surface area contributed by atoms with Gasteiger partial charge in [-0.3, -0.25) is 4.98 Å². The van der Waals surface area contributed by atoms with Gasteiger partial charge in [-0.05, 0) is 35.4 Å². The number of hydrogen-bond acceptors (Lipinski definition) is 3. The van der Waals surface area contributed by atoms with Crippen LogP contribution in [-0.2, 0) is 4.74 Å². The minimum Gasteiger partial charge on any atom is -0.465 e. The third-order valence-electron chi connectivity index (χ3n) is 2.32. The van der Waals surface area contributed by atoms with Gasteiger partial charge < -0.3 is 4.74 Å². The number of rotatable bonds is 2. The van der Waals surface area contributed by atoms with Crippen LogP contribution in [0.15, 0.2) is 48.8 Å². The topological polar surface area (TPSA) is 39.2 Å². The molecule has 3 heteroatoms. The van der Waals surface area contributed by atoms with E-state index in [2.05, 4.69) is 9.72 Å².